The molecule has 1 aromatic carbocycles. The number of hydrogen-bond acceptors (Lipinski definition) is 4. The van der Waals surface area contributed by atoms with Crippen LogP contribution in [0.1, 0.15) is 27.4 Å². The van der Waals surface area contributed by atoms with Crippen molar-refractivity contribution in [2.24, 2.45) is 0 Å². The highest BCUT2D eigenvalue weighted by Crippen LogP contribution is 2.31. The number of ketones is 1. The summed E-state index contributed by atoms with van der Waals surface area (Å²) in [6.07, 6.45) is 1.46. The molecule has 3 aromatic rings. The summed E-state index contributed by atoms with van der Waals surface area (Å²) in [5.41, 5.74) is -0.328. The molecule has 0 unspecified atom stereocenters. The Balaban J connectivity index is 1.60. The lowest BCUT2D eigenvalue weighted by molar-refractivity contribution is -0.137. The van der Waals surface area contributed by atoms with Crippen LogP contribution in [-0.4, -0.2) is 10.8 Å². The van der Waals surface area contributed by atoms with Crippen LogP contribution in [0.4, 0.5) is 13.2 Å². The Labute approximate surface area is 152 Å². The van der Waals surface area contributed by atoms with E-state index in [1.807, 2.05) is 0 Å². The Hall–Kier alpha value is -3.35. The molecule has 0 radical (unpaired) electrons. The Bertz CT molecular complexity index is 946. The molecule has 0 N–H and O–H groups in total. The summed E-state index contributed by atoms with van der Waals surface area (Å²) >= 11 is 0. The molecule has 0 aliphatic carbocycles. The number of benzene rings is 1. The second-order valence-corrected chi connectivity index (χ2v) is 5.56. The SMILES string of the molecule is O=C(/C=C/c1ccc(COc2cccc(C(F)(F)F)c2)o1)c1cccnc1. The quantitative estimate of drug-likeness (QED) is 0.442. The van der Waals surface area contributed by atoms with E-state index < -0.39 is 11.7 Å². The fraction of sp³-hybridized carbons (Fsp3) is 0.100. The summed E-state index contributed by atoms with van der Waals surface area (Å²) in [6.45, 7) is -0.0360. The van der Waals surface area contributed by atoms with Gasteiger partial charge in [-0.3, -0.25) is 9.78 Å². The summed E-state index contributed by atoms with van der Waals surface area (Å²) in [4.78, 5) is 15.8. The van der Waals surface area contributed by atoms with Gasteiger partial charge in [0.2, 0.25) is 0 Å². The number of nitrogens with zero attached hydrogens (tertiary/aromatic N) is 1. The predicted molar refractivity (Wildman–Crippen MR) is 92.1 cm³/mol. The van der Waals surface area contributed by atoms with Crippen molar-refractivity contribution in [1.82, 2.24) is 4.98 Å². The summed E-state index contributed by atoms with van der Waals surface area (Å²) in [5.74, 6) is 0.710. The molecule has 3 rings (SSSR count). The van der Waals surface area contributed by atoms with Gasteiger partial charge < -0.3 is 9.15 Å². The molecule has 4 nitrogen and oxygen atoms in total. The van der Waals surface area contributed by atoms with E-state index in [0.717, 1.165) is 12.1 Å². The van der Waals surface area contributed by atoms with E-state index in [2.05, 4.69) is 4.98 Å². The maximum absolute atomic E-state index is 12.7. The lowest BCUT2D eigenvalue weighted by atomic mass is 10.2. The van der Waals surface area contributed by atoms with Crippen LogP contribution in [0, 0.1) is 0 Å². The first-order valence-corrected chi connectivity index (χ1v) is 7.93. The Morgan fingerprint density at radius 2 is 2.00 bits per heavy atom. The van der Waals surface area contributed by atoms with Crippen LogP contribution in [0.15, 0.2) is 71.4 Å². The van der Waals surface area contributed by atoms with Crippen molar-refractivity contribution >= 4 is 11.9 Å². The van der Waals surface area contributed by atoms with Gasteiger partial charge in [-0.2, -0.15) is 13.2 Å². The van der Waals surface area contributed by atoms with E-state index in [-0.39, 0.29) is 18.1 Å². The molecule has 0 spiro atoms. The minimum absolute atomic E-state index is 0.0360. The van der Waals surface area contributed by atoms with Gasteiger partial charge in [0.05, 0.1) is 5.56 Å². The van der Waals surface area contributed by atoms with Gasteiger partial charge in [-0.1, -0.05) is 6.07 Å². The van der Waals surface area contributed by atoms with Gasteiger partial charge in [0.15, 0.2) is 5.78 Å². The molecule has 0 atom stereocenters. The average molecular weight is 373 g/mol. The third-order valence-electron chi connectivity index (χ3n) is 3.57. The molecular weight excluding hydrogens is 359 g/mol. The third kappa shape index (κ3) is 5.07. The smallest absolute Gasteiger partial charge is 0.416 e. The van der Waals surface area contributed by atoms with Gasteiger partial charge in [0.1, 0.15) is 23.9 Å². The average Bonchev–Trinajstić information content (AvgIpc) is 3.13. The first kappa shape index (κ1) is 18.4. The van der Waals surface area contributed by atoms with E-state index in [1.54, 1.807) is 30.5 Å². The molecule has 2 aromatic heterocycles. The lowest BCUT2D eigenvalue weighted by Crippen LogP contribution is -2.05. The van der Waals surface area contributed by atoms with Crippen LogP contribution in [0.25, 0.3) is 6.08 Å². The molecule has 2 heterocycles. The fourth-order valence-electron chi connectivity index (χ4n) is 2.24. The number of hydrogen-bond donors (Lipinski definition) is 0. The standard InChI is InChI=1S/C20H14F3NO3/c21-20(22,23)15-4-1-5-17(11-15)26-13-18-7-6-16(27-18)8-9-19(25)14-3-2-10-24-12-14/h1-12H,13H2/b9-8+. The Kier molecular flexibility index (Phi) is 5.40. The van der Waals surface area contributed by atoms with E-state index in [4.69, 9.17) is 9.15 Å². The first-order valence-electron chi connectivity index (χ1n) is 7.93. The largest absolute Gasteiger partial charge is 0.486 e. The Morgan fingerprint density at radius 3 is 2.74 bits per heavy atom. The zero-order valence-electron chi connectivity index (χ0n) is 13.9. The van der Waals surface area contributed by atoms with E-state index in [1.165, 1.54) is 30.5 Å². The van der Waals surface area contributed by atoms with Crippen molar-refractivity contribution in [1.29, 1.82) is 0 Å². The molecule has 0 saturated heterocycles. The van der Waals surface area contributed by atoms with E-state index >= 15 is 0 Å². The van der Waals surface area contributed by atoms with Gasteiger partial charge in [0, 0.05) is 18.0 Å². The maximum Gasteiger partial charge on any atom is 0.416 e. The number of rotatable bonds is 6. The number of carbonyl (C=O) groups excluding carboxylic acids is 1. The van der Waals surface area contributed by atoms with Crippen molar-refractivity contribution in [2.75, 3.05) is 0 Å². The molecule has 7 heteroatoms. The third-order valence-corrected chi connectivity index (χ3v) is 3.57. The number of pyridine rings is 1. The molecule has 0 aliphatic heterocycles. The van der Waals surface area contributed by atoms with Gasteiger partial charge in [-0.05, 0) is 54.6 Å². The van der Waals surface area contributed by atoms with Crippen molar-refractivity contribution in [3.05, 3.63) is 89.6 Å². The van der Waals surface area contributed by atoms with Crippen molar-refractivity contribution in [3.63, 3.8) is 0 Å². The van der Waals surface area contributed by atoms with Gasteiger partial charge in [0.25, 0.3) is 0 Å². The van der Waals surface area contributed by atoms with Crippen molar-refractivity contribution < 1.29 is 27.1 Å². The fourth-order valence-corrected chi connectivity index (χ4v) is 2.24. The van der Waals surface area contributed by atoms with Crippen LogP contribution in [-0.2, 0) is 12.8 Å². The van der Waals surface area contributed by atoms with Crippen LogP contribution >= 0.6 is 0 Å². The van der Waals surface area contributed by atoms with Crippen LogP contribution < -0.4 is 4.74 Å². The van der Waals surface area contributed by atoms with Crippen LogP contribution in [0.3, 0.4) is 0 Å². The predicted octanol–water partition coefficient (Wildman–Crippen LogP) is 5.17. The van der Waals surface area contributed by atoms with Crippen LogP contribution in [0.2, 0.25) is 0 Å². The molecular formula is C20H14F3NO3. The number of aromatic nitrogens is 1. The number of allylic oxidation sites excluding steroid dienone is 1. The van der Waals surface area contributed by atoms with E-state index in [9.17, 15) is 18.0 Å². The molecule has 27 heavy (non-hydrogen) atoms. The van der Waals surface area contributed by atoms with E-state index in [0.29, 0.717) is 17.1 Å². The second-order valence-electron chi connectivity index (χ2n) is 5.56. The van der Waals surface area contributed by atoms with Crippen molar-refractivity contribution in [3.8, 4) is 5.75 Å². The van der Waals surface area contributed by atoms with Crippen LogP contribution in [0.5, 0.6) is 5.75 Å². The molecule has 0 fully saturated rings. The molecule has 0 bridgehead atoms. The lowest BCUT2D eigenvalue weighted by Gasteiger charge is -2.09. The highest BCUT2D eigenvalue weighted by atomic mass is 19.4. The highest BCUT2D eigenvalue weighted by molar-refractivity contribution is 6.06. The first-order chi connectivity index (χ1) is 12.9. The summed E-state index contributed by atoms with van der Waals surface area (Å²) in [6, 6.07) is 11.2. The zero-order chi connectivity index (χ0) is 19.3. The Morgan fingerprint density at radius 1 is 1.15 bits per heavy atom. The normalized spacial score (nSPS) is 11.7. The highest BCUT2D eigenvalue weighted by Gasteiger charge is 2.30. The van der Waals surface area contributed by atoms with Crippen molar-refractivity contribution in [2.45, 2.75) is 12.8 Å². The number of alkyl halides is 3. The minimum atomic E-state index is -4.43. The molecule has 0 amide bonds. The topological polar surface area (TPSA) is 52.3 Å². The number of furan rings is 1. The summed E-state index contributed by atoms with van der Waals surface area (Å²) in [7, 11) is 0. The summed E-state index contributed by atoms with van der Waals surface area (Å²) < 4.78 is 48.9. The molecule has 0 saturated carbocycles. The molecule has 0 aliphatic rings. The maximum atomic E-state index is 12.7. The molecule has 138 valence electrons. The number of halogens is 3. The second kappa shape index (κ2) is 7.90. The number of carbonyl (C=O) groups is 1. The van der Waals surface area contributed by atoms with Gasteiger partial charge in [-0.15, -0.1) is 0 Å². The minimum Gasteiger partial charge on any atom is -0.486 e. The van der Waals surface area contributed by atoms with Gasteiger partial charge >= 0.3 is 6.18 Å². The summed E-state index contributed by atoms with van der Waals surface area (Å²) in [5, 5.41) is 0. The van der Waals surface area contributed by atoms with Gasteiger partial charge in [-0.25, -0.2) is 0 Å². The monoisotopic (exact) mass is 373 g/mol. The zero-order valence-corrected chi connectivity index (χ0v) is 13.9. The number of ether oxygens (including phenoxy) is 1.